The Kier molecular flexibility index (Phi) is 6.37. The van der Waals surface area contributed by atoms with Crippen LogP contribution in [0.1, 0.15) is 20.3 Å². The molecule has 1 rings (SSSR count). The predicted octanol–water partition coefficient (Wildman–Crippen LogP) is -0.0939. The highest BCUT2D eigenvalue weighted by atomic mass is 16.5. The van der Waals surface area contributed by atoms with E-state index in [1.807, 2.05) is 13.8 Å². The quantitative estimate of drug-likeness (QED) is 0.669. The Morgan fingerprint density at radius 1 is 1.69 bits per heavy atom. The lowest BCUT2D eigenvalue weighted by molar-refractivity contribution is -0.123. The van der Waals surface area contributed by atoms with Crippen LogP contribution in [0.4, 0.5) is 0 Å². The summed E-state index contributed by atoms with van der Waals surface area (Å²) in [5.74, 6) is 0.0511. The van der Waals surface area contributed by atoms with Gasteiger partial charge in [0, 0.05) is 31.7 Å². The molecule has 0 aromatic rings. The van der Waals surface area contributed by atoms with E-state index in [0.29, 0.717) is 26.2 Å². The molecule has 5 heteroatoms. The molecule has 1 fully saturated rings. The van der Waals surface area contributed by atoms with Crippen molar-refractivity contribution in [2.75, 3.05) is 33.0 Å². The number of ether oxygens (including phenoxy) is 2. The standard InChI is InChI=1S/C11H22N2O3/c1-3-15-7-9(2)13-11(14)6-10-8-16-5-4-12-10/h9-10,12H,3-8H2,1-2H3,(H,13,14). The van der Waals surface area contributed by atoms with E-state index >= 15 is 0 Å². The zero-order valence-corrected chi connectivity index (χ0v) is 10.1. The third-order valence-corrected chi connectivity index (χ3v) is 2.41. The normalized spacial score (nSPS) is 22.8. The summed E-state index contributed by atoms with van der Waals surface area (Å²) in [4.78, 5) is 11.6. The maximum absolute atomic E-state index is 11.6. The Morgan fingerprint density at radius 2 is 2.50 bits per heavy atom. The summed E-state index contributed by atoms with van der Waals surface area (Å²) in [5, 5.41) is 6.15. The van der Waals surface area contributed by atoms with E-state index in [0.717, 1.165) is 13.2 Å². The number of amides is 1. The van der Waals surface area contributed by atoms with Gasteiger partial charge in [0.05, 0.1) is 19.8 Å². The van der Waals surface area contributed by atoms with Crippen LogP contribution in [0.3, 0.4) is 0 Å². The van der Waals surface area contributed by atoms with Crippen molar-refractivity contribution in [1.82, 2.24) is 10.6 Å². The average molecular weight is 230 g/mol. The molecule has 2 atom stereocenters. The van der Waals surface area contributed by atoms with Gasteiger partial charge in [-0.1, -0.05) is 0 Å². The van der Waals surface area contributed by atoms with E-state index < -0.39 is 0 Å². The van der Waals surface area contributed by atoms with E-state index in [4.69, 9.17) is 9.47 Å². The predicted molar refractivity (Wildman–Crippen MR) is 61.3 cm³/mol. The van der Waals surface area contributed by atoms with Crippen molar-refractivity contribution < 1.29 is 14.3 Å². The van der Waals surface area contributed by atoms with Gasteiger partial charge in [0.1, 0.15) is 0 Å². The lowest BCUT2D eigenvalue weighted by Gasteiger charge is -2.24. The maximum Gasteiger partial charge on any atom is 0.221 e. The summed E-state index contributed by atoms with van der Waals surface area (Å²) in [6.07, 6.45) is 0.469. The molecule has 0 aromatic carbocycles. The molecule has 1 amide bonds. The molecular weight excluding hydrogens is 208 g/mol. The number of nitrogens with one attached hydrogen (secondary N) is 2. The molecule has 94 valence electrons. The first-order valence-corrected chi connectivity index (χ1v) is 5.90. The molecule has 1 heterocycles. The molecule has 0 bridgehead atoms. The molecule has 0 spiro atoms. The zero-order chi connectivity index (χ0) is 11.8. The Bertz CT molecular complexity index is 205. The van der Waals surface area contributed by atoms with Gasteiger partial charge in [-0.25, -0.2) is 0 Å². The van der Waals surface area contributed by atoms with Crippen LogP contribution in [0.5, 0.6) is 0 Å². The van der Waals surface area contributed by atoms with Crippen LogP contribution in [0.2, 0.25) is 0 Å². The number of carbonyl (C=O) groups is 1. The van der Waals surface area contributed by atoms with Gasteiger partial charge >= 0.3 is 0 Å². The fourth-order valence-electron chi connectivity index (χ4n) is 1.64. The number of hydrogen-bond acceptors (Lipinski definition) is 4. The van der Waals surface area contributed by atoms with Crippen LogP contribution in [-0.4, -0.2) is 51.0 Å². The van der Waals surface area contributed by atoms with Gasteiger partial charge in [-0.05, 0) is 13.8 Å². The van der Waals surface area contributed by atoms with Crippen molar-refractivity contribution in [2.45, 2.75) is 32.4 Å². The molecule has 0 radical (unpaired) electrons. The van der Waals surface area contributed by atoms with Crippen LogP contribution in [0.25, 0.3) is 0 Å². The number of rotatable bonds is 6. The third kappa shape index (κ3) is 5.44. The van der Waals surface area contributed by atoms with Gasteiger partial charge < -0.3 is 20.1 Å². The molecule has 1 saturated heterocycles. The molecule has 0 saturated carbocycles. The summed E-state index contributed by atoms with van der Waals surface area (Å²) >= 11 is 0. The van der Waals surface area contributed by atoms with E-state index in [1.54, 1.807) is 0 Å². The second-order valence-electron chi connectivity index (χ2n) is 4.06. The molecule has 2 unspecified atom stereocenters. The maximum atomic E-state index is 11.6. The largest absolute Gasteiger partial charge is 0.380 e. The molecule has 2 N–H and O–H groups in total. The van der Waals surface area contributed by atoms with Gasteiger partial charge in [0.15, 0.2) is 0 Å². The van der Waals surface area contributed by atoms with Crippen LogP contribution < -0.4 is 10.6 Å². The highest BCUT2D eigenvalue weighted by molar-refractivity contribution is 5.76. The summed E-state index contributed by atoms with van der Waals surface area (Å²) in [6.45, 7) is 7.31. The average Bonchev–Trinajstić information content (AvgIpc) is 2.27. The Morgan fingerprint density at radius 3 is 3.12 bits per heavy atom. The topological polar surface area (TPSA) is 59.6 Å². The van der Waals surface area contributed by atoms with E-state index in [1.165, 1.54) is 0 Å². The van der Waals surface area contributed by atoms with Crippen LogP contribution in [0.15, 0.2) is 0 Å². The fraction of sp³-hybridized carbons (Fsp3) is 0.909. The van der Waals surface area contributed by atoms with Gasteiger partial charge in [0.2, 0.25) is 5.91 Å². The molecule has 0 aromatic heterocycles. The first kappa shape index (κ1) is 13.4. The van der Waals surface area contributed by atoms with Crippen molar-refractivity contribution >= 4 is 5.91 Å². The van der Waals surface area contributed by atoms with Gasteiger partial charge in [-0.3, -0.25) is 4.79 Å². The summed E-state index contributed by atoms with van der Waals surface area (Å²) in [5.41, 5.74) is 0. The minimum absolute atomic E-state index is 0.0511. The molecule has 1 aliphatic heterocycles. The van der Waals surface area contributed by atoms with Crippen molar-refractivity contribution in [3.05, 3.63) is 0 Å². The number of morpholine rings is 1. The van der Waals surface area contributed by atoms with Crippen LogP contribution in [0, 0.1) is 0 Å². The van der Waals surface area contributed by atoms with Crippen LogP contribution >= 0.6 is 0 Å². The number of hydrogen-bond donors (Lipinski definition) is 2. The molecule has 5 nitrogen and oxygen atoms in total. The Labute approximate surface area is 96.9 Å². The van der Waals surface area contributed by atoms with Crippen molar-refractivity contribution in [2.24, 2.45) is 0 Å². The minimum atomic E-state index is 0.0511. The summed E-state index contributed by atoms with van der Waals surface area (Å²) in [6, 6.07) is 0.213. The van der Waals surface area contributed by atoms with Crippen molar-refractivity contribution in [3.63, 3.8) is 0 Å². The Hall–Kier alpha value is -0.650. The van der Waals surface area contributed by atoms with E-state index in [2.05, 4.69) is 10.6 Å². The first-order chi connectivity index (χ1) is 7.72. The van der Waals surface area contributed by atoms with E-state index in [9.17, 15) is 4.79 Å². The third-order valence-electron chi connectivity index (χ3n) is 2.41. The van der Waals surface area contributed by atoms with Crippen LogP contribution in [-0.2, 0) is 14.3 Å². The highest BCUT2D eigenvalue weighted by Gasteiger charge is 2.17. The SMILES string of the molecule is CCOCC(C)NC(=O)CC1COCCN1. The number of carbonyl (C=O) groups excluding carboxylic acids is 1. The van der Waals surface area contributed by atoms with Gasteiger partial charge in [0.25, 0.3) is 0 Å². The zero-order valence-electron chi connectivity index (χ0n) is 10.1. The monoisotopic (exact) mass is 230 g/mol. The first-order valence-electron chi connectivity index (χ1n) is 5.90. The second kappa shape index (κ2) is 7.60. The fourth-order valence-corrected chi connectivity index (χ4v) is 1.64. The van der Waals surface area contributed by atoms with E-state index in [-0.39, 0.29) is 18.0 Å². The molecular formula is C11H22N2O3. The molecule has 1 aliphatic rings. The lowest BCUT2D eigenvalue weighted by Crippen LogP contribution is -2.46. The summed E-state index contributed by atoms with van der Waals surface area (Å²) < 4.78 is 10.5. The highest BCUT2D eigenvalue weighted by Crippen LogP contribution is 1.98. The smallest absolute Gasteiger partial charge is 0.221 e. The molecule has 0 aliphatic carbocycles. The molecule has 16 heavy (non-hydrogen) atoms. The van der Waals surface area contributed by atoms with Gasteiger partial charge in [-0.2, -0.15) is 0 Å². The summed E-state index contributed by atoms with van der Waals surface area (Å²) in [7, 11) is 0. The lowest BCUT2D eigenvalue weighted by atomic mass is 10.2. The van der Waals surface area contributed by atoms with Gasteiger partial charge in [-0.15, -0.1) is 0 Å². The second-order valence-corrected chi connectivity index (χ2v) is 4.06. The Balaban J connectivity index is 2.13. The van der Waals surface area contributed by atoms with Crippen molar-refractivity contribution in [1.29, 1.82) is 0 Å². The van der Waals surface area contributed by atoms with Crippen molar-refractivity contribution in [3.8, 4) is 0 Å². The minimum Gasteiger partial charge on any atom is -0.380 e.